The van der Waals surface area contributed by atoms with Crippen LogP contribution in [-0.2, 0) is 0 Å². The number of amides is 1. The zero-order valence-electron chi connectivity index (χ0n) is 6.77. The Morgan fingerprint density at radius 1 is 1.60 bits per heavy atom. The van der Waals surface area contributed by atoms with Crippen LogP contribution in [0.3, 0.4) is 0 Å². The number of carboxylic acid groups (broad SMARTS) is 1. The molecule has 0 unspecified atom stereocenters. The molecule has 0 aromatic rings. The molecule has 0 saturated heterocycles. The lowest BCUT2D eigenvalue weighted by molar-refractivity contribution is 0.187. The molecule has 0 radical (unpaired) electrons. The topological polar surface area (TPSA) is 49.3 Å². The maximum atomic E-state index is 10.1. The van der Waals surface area contributed by atoms with Crippen molar-refractivity contribution in [3.05, 3.63) is 0 Å². The molecule has 0 bridgehead atoms. The zero-order chi connectivity index (χ0) is 8.20. The molecule has 10 heavy (non-hydrogen) atoms. The third kappa shape index (κ3) is 4.18. The summed E-state index contributed by atoms with van der Waals surface area (Å²) >= 11 is 0. The van der Waals surface area contributed by atoms with Crippen molar-refractivity contribution < 1.29 is 9.90 Å². The maximum absolute atomic E-state index is 10.1. The van der Waals surface area contributed by atoms with Gasteiger partial charge in [-0.2, -0.15) is 0 Å². The first kappa shape index (κ1) is 9.27. The Kier molecular flexibility index (Phi) is 3.19. The quantitative estimate of drug-likeness (QED) is 0.635. The Bertz CT molecular complexity index is 121. The Labute approximate surface area is 61.4 Å². The number of rotatable bonds is 3. The molecule has 0 atom stereocenters. The van der Waals surface area contributed by atoms with Crippen molar-refractivity contribution in [1.29, 1.82) is 0 Å². The molecule has 0 aliphatic heterocycles. The van der Waals surface area contributed by atoms with Crippen LogP contribution in [0.2, 0.25) is 0 Å². The summed E-state index contributed by atoms with van der Waals surface area (Å²) in [4.78, 5) is 10.1. The van der Waals surface area contributed by atoms with Crippen LogP contribution < -0.4 is 5.32 Å². The van der Waals surface area contributed by atoms with E-state index < -0.39 is 6.09 Å². The summed E-state index contributed by atoms with van der Waals surface area (Å²) in [6.45, 7) is 6.63. The molecule has 1 amide bonds. The maximum Gasteiger partial charge on any atom is 0.404 e. The monoisotopic (exact) mass is 145 g/mol. The van der Waals surface area contributed by atoms with Crippen molar-refractivity contribution in [3.8, 4) is 0 Å². The van der Waals surface area contributed by atoms with E-state index in [1.165, 1.54) is 0 Å². The molecule has 0 fully saturated rings. The standard InChI is InChI=1S/C7H15NO2/c1-4-7(2,3)5-8-6(9)10/h8H,4-5H2,1-3H3,(H,9,10). The molecule has 0 saturated carbocycles. The summed E-state index contributed by atoms with van der Waals surface area (Å²) in [5.41, 5.74) is 0.0817. The lowest BCUT2D eigenvalue weighted by Gasteiger charge is -2.21. The van der Waals surface area contributed by atoms with E-state index in [2.05, 4.69) is 5.32 Å². The molecule has 3 nitrogen and oxygen atoms in total. The van der Waals surface area contributed by atoms with Crippen molar-refractivity contribution in [2.75, 3.05) is 6.54 Å². The SMILES string of the molecule is CCC(C)(C)CNC(=O)O. The van der Waals surface area contributed by atoms with Gasteiger partial charge in [0.25, 0.3) is 0 Å². The van der Waals surface area contributed by atoms with Crippen LogP contribution in [0.5, 0.6) is 0 Å². The van der Waals surface area contributed by atoms with E-state index in [0.717, 1.165) is 6.42 Å². The molecule has 3 heteroatoms. The summed E-state index contributed by atoms with van der Waals surface area (Å²) in [5, 5.41) is 10.6. The first-order valence-electron chi connectivity index (χ1n) is 3.45. The predicted octanol–water partition coefficient (Wildman–Crippen LogP) is 1.69. The Morgan fingerprint density at radius 3 is 2.40 bits per heavy atom. The molecule has 0 aromatic heterocycles. The molecule has 60 valence electrons. The average Bonchev–Trinajstić information content (AvgIpc) is 1.85. The van der Waals surface area contributed by atoms with E-state index in [9.17, 15) is 4.79 Å². The van der Waals surface area contributed by atoms with Gasteiger partial charge in [-0.25, -0.2) is 4.79 Å². The molecular weight excluding hydrogens is 130 g/mol. The van der Waals surface area contributed by atoms with E-state index >= 15 is 0 Å². The summed E-state index contributed by atoms with van der Waals surface area (Å²) < 4.78 is 0. The number of hydrogen-bond acceptors (Lipinski definition) is 1. The molecule has 0 rings (SSSR count). The second-order valence-corrected chi connectivity index (χ2v) is 3.18. The second kappa shape index (κ2) is 3.44. The van der Waals surface area contributed by atoms with Gasteiger partial charge in [0.1, 0.15) is 0 Å². The average molecular weight is 145 g/mol. The van der Waals surface area contributed by atoms with E-state index in [1.807, 2.05) is 20.8 Å². The third-order valence-electron chi connectivity index (χ3n) is 1.68. The fourth-order valence-corrected chi connectivity index (χ4v) is 0.440. The summed E-state index contributed by atoms with van der Waals surface area (Å²) in [6.07, 6.45) is 0.0364. The van der Waals surface area contributed by atoms with Gasteiger partial charge in [0.2, 0.25) is 0 Å². The highest BCUT2D eigenvalue weighted by molar-refractivity contribution is 5.64. The Hall–Kier alpha value is -0.730. The molecule has 0 aromatic carbocycles. The number of nitrogens with one attached hydrogen (secondary N) is 1. The van der Waals surface area contributed by atoms with Crippen molar-refractivity contribution in [2.45, 2.75) is 27.2 Å². The number of hydrogen-bond donors (Lipinski definition) is 2. The number of carbonyl (C=O) groups is 1. The molecular formula is C7H15NO2. The first-order chi connectivity index (χ1) is 4.48. The van der Waals surface area contributed by atoms with Crippen molar-refractivity contribution in [1.82, 2.24) is 5.32 Å². The van der Waals surface area contributed by atoms with E-state index in [-0.39, 0.29) is 5.41 Å². The van der Waals surface area contributed by atoms with Gasteiger partial charge in [-0.1, -0.05) is 20.8 Å². The minimum atomic E-state index is -0.943. The van der Waals surface area contributed by atoms with Gasteiger partial charge < -0.3 is 10.4 Å². The lowest BCUT2D eigenvalue weighted by Crippen LogP contribution is -2.32. The van der Waals surface area contributed by atoms with E-state index in [1.54, 1.807) is 0 Å². The highest BCUT2D eigenvalue weighted by Crippen LogP contribution is 2.17. The van der Waals surface area contributed by atoms with Gasteiger partial charge in [-0.05, 0) is 11.8 Å². The summed E-state index contributed by atoms with van der Waals surface area (Å²) in [6, 6.07) is 0. The van der Waals surface area contributed by atoms with Gasteiger partial charge in [0, 0.05) is 6.54 Å². The second-order valence-electron chi connectivity index (χ2n) is 3.18. The van der Waals surface area contributed by atoms with Crippen LogP contribution in [0, 0.1) is 5.41 Å². The molecule has 0 aliphatic rings. The molecule has 0 aliphatic carbocycles. The van der Waals surface area contributed by atoms with Gasteiger partial charge in [0.15, 0.2) is 0 Å². The van der Waals surface area contributed by atoms with Crippen molar-refractivity contribution in [3.63, 3.8) is 0 Å². The first-order valence-corrected chi connectivity index (χ1v) is 3.45. The fourth-order valence-electron chi connectivity index (χ4n) is 0.440. The van der Waals surface area contributed by atoms with Gasteiger partial charge in [-0.3, -0.25) is 0 Å². The summed E-state index contributed by atoms with van der Waals surface area (Å²) in [5.74, 6) is 0. The fraction of sp³-hybridized carbons (Fsp3) is 0.857. The predicted molar refractivity (Wildman–Crippen MR) is 40.1 cm³/mol. The molecule has 0 spiro atoms. The van der Waals surface area contributed by atoms with Crippen molar-refractivity contribution >= 4 is 6.09 Å². The van der Waals surface area contributed by atoms with Crippen LogP contribution in [0.1, 0.15) is 27.2 Å². The van der Waals surface area contributed by atoms with E-state index in [0.29, 0.717) is 6.54 Å². The third-order valence-corrected chi connectivity index (χ3v) is 1.68. The largest absolute Gasteiger partial charge is 0.465 e. The normalized spacial score (nSPS) is 11.1. The van der Waals surface area contributed by atoms with Crippen LogP contribution >= 0.6 is 0 Å². The van der Waals surface area contributed by atoms with E-state index in [4.69, 9.17) is 5.11 Å². The van der Waals surface area contributed by atoms with Crippen molar-refractivity contribution in [2.24, 2.45) is 5.41 Å². The highest BCUT2D eigenvalue weighted by Gasteiger charge is 2.15. The van der Waals surface area contributed by atoms with Crippen LogP contribution in [0.15, 0.2) is 0 Å². The minimum Gasteiger partial charge on any atom is -0.465 e. The van der Waals surface area contributed by atoms with Crippen LogP contribution in [0.4, 0.5) is 4.79 Å². The minimum absolute atomic E-state index is 0.0817. The molecule has 0 heterocycles. The summed E-state index contributed by atoms with van der Waals surface area (Å²) in [7, 11) is 0. The van der Waals surface area contributed by atoms with Gasteiger partial charge in [0.05, 0.1) is 0 Å². The van der Waals surface area contributed by atoms with Crippen LogP contribution in [0.25, 0.3) is 0 Å². The Morgan fingerprint density at radius 2 is 2.10 bits per heavy atom. The zero-order valence-corrected chi connectivity index (χ0v) is 6.77. The highest BCUT2D eigenvalue weighted by atomic mass is 16.4. The Balaban J connectivity index is 3.56. The van der Waals surface area contributed by atoms with Gasteiger partial charge in [-0.15, -0.1) is 0 Å². The lowest BCUT2D eigenvalue weighted by atomic mass is 9.90. The van der Waals surface area contributed by atoms with Crippen LogP contribution in [-0.4, -0.2) is 17.7 Å². The molecule has 2 N–H and O–H groups in total. The van der Waals surface area contributed by atoms with Gasteiger partial charge >= 0.3 is 6.09 Å². The smallest absolute Gasteiger partial charge is 0.404 e.